The predicted molar refractivity (Wildman–Crippen MR) is 144 cm³/mol. The van der Waals surface area contributed by atoms with E-state index in [4.69, 9.17) is 21.1 Å². The van der Waals surface area contributed by atoms with Gasteiger partial charge in [-0.25, -0.2) is 9.59 Å². The molecule has 10 heteroatoms. The molecule has 3 rings (SSSR count). The number of hydrogen-bond acceptors (Lipinski definition) is 6. The minimum atomic E-state index is -0.491. The van der Waals surface area contributed by atoms with Gasteiger partial charge in [0.05, 0.1) is 19.8 Å². The number of methoxy groups -OCH3 is 1. The lowest BCUT2D eigenvalue weighted by atomic mass is 9.88. The van der Waals surface area contributed by atoms with Gasteiger partial charge in [-0.05, 0) is 62.8 Å². The zero-order chi connectivity index (χ0) is 26.5. The average molecular weight is 539 g/mol. The molecule has 37 heavy (non-hydrogen) atoms. The van der Waals surface area contributed by atoms with Crippen molar-refractivity contribution in [3.8, 4) is 0 Å². The monoisotopic (exact) mass is 538 g/mol. The number of nitrogens with zero attached hydrogens (tertiary/aromatic N) is 1. The standard InChI is InChI=1S/C27H43ClN4O5/c1-29-24(15-20-7-3-4-13-36-19-20)17-31-26(33)32-12-6-9-22(18-32)25(21-8-5-10-23(28)16-21)37-14-11-30-27(34)35-2/h5,8,10,16,20,22,24-25,29H,3-4,6-7,9,11-15,17-19H2,1-2H3,(H,30,34)(H,31,33)/t20-,22-,24-,25?/m1/s1. The molecule has 208 valence electrons. The number of carbonyl (C=O) groups is 2. The second-order valence-electron chi connectivity index (χ2n) is 9.96. The average Bonchev–Trinajstić information content (AvgIpc) is 3.19. The molecule has 2 aliphatic heterocycles. The van der Waals surface area contributed by atoms with E-state index in [1.807, 2.05) is 36.2 Å². The van der Waals surface area contributed by atoms with Crippen molar-refractivity contribution in [2.45, 2.75) is 50.7 Å². The van der Waals surface area contributed by atoms with Crippen LogP contribution in [-0.4, -0.2) is 83.2 Å². The Bertz CT molecular complexity index is 837. The fraction of sp³-hybridized carbons (Fsp3) is 0.704. The molecule has 0 aromatic heterocycles. The van der Waals surface area contributed by atoms with Gasteiger partial charge in [0.15, 0.2) is 0 Å². The van der Waals surface area contributed by atoms with Crippen molar-refractivity contribution in [3.05, 3.63) is 34.9 Å². The van der Waals surface area contributed by atoms with Crippen LogP contribution in [0.25, 0.3) is 0 Å². The third-order valence-electron chi connectivity index (χ3n) is 7.24. The number of carbonyl (C=O) groups excluding carboxylic acids is 2. The number of likely N-dealkylation sites (N-methyl/N-ethyl adjacent to an activating group) is 1. The molecule has 3 N–H and O–H groups in total. The Balaban J connectivity index is 1.55. The molecule has 2 fully saturated rings. The molecule has 0 spiro atoms. The molecule has 1 aromatic rings. The Kier molecular flexibility index (Phi) is 12.8. The van der Waals surface area contributed by atoms with Crippen LogP contribution in [0.3, 0.4) is 0 Å². The minimum Gasteiger partial charge on any atom is -0.453 e. The van der Waals surface area contributed by atoms with Crippen molar-refractivity contribution in [2.24, 2.45) is 11.8 Å². The summed E-state index contributed by atoms with van der Waals surface area (Å²) in [5.74, 6) is 0.639. The van der Waals surface area contributed by atoms with Crippen LogP contribution in [0, 0.1) is 11.8 Å². The van der Waals surface area contributed by atoms with Crippen LogP contribution in [0.5, 0.6) is 0 Å². The first-order chi connectivity index (χ1) is 18.0. The summed E-state index contributed by atoms with van der Waals surface area (Å²) in [6, 6.07) is 7.82. The number of piperidine rings is 1. The van der Waals surface area contributed by atoms with E-state index in [2.05, 4.69) is 20.7 Å². The highest BCUT2D eigenvalue weighted by molar-refractivity contribution is 6.30. The lowest BCUT2D eigenvalue weighted by Gasteiger charge is -2.37. The summed E-state index contributed by atoms with van der Waals surface area (Å²) in [5.41, 5.74) is 0.971. The van der Waals surface area contributed by atoms with E-state index < -0.39 is 6.09 Å². The fourth-order valence-electron chi connectivity index (χ4n) is 5.23. The second-order valence-corrected chi connectivity index (χ2v) is 10.4. The molecule has 9 nitrogen and oxygen atoms in total. The van der Waals surface area contributed by atoms with Gasteiger partial charge < -0.3 is 35.1 Å². The van der Waals surface area contributed by atoms with Crippen LogP contribution in [0.2, 0.25) is 5.02 Å². The molecular formula is C27H43ClN4O5. The second kappa shape index (κ2) is 16.0. The van der Waals surface area contributed by atoms with Crippen LogP contribution < -0.4 is 16.0 Å². The predicted octanol–water partition coefficient (Wildman–Crippen LogP) is 3.97. The highest BCUT2D eigenvalue weighted by Crippen LogP contribution is 2.34. The molecule has 2 heterocycles. The molecule has 4 atom stereocenters. The SMILES string of the molecule is CN[C@@H](CNC(=O)N1CCC[C@@H](C(OCCNC(=O)OC)c2cccc(Cl)c2)C1)C[C@H]1CCCCOC1. The van der Waals surface area contributed by atoms with E-state index in [9.17, 15) is 9.59 Å². The molecule has 2 saturated heterocycles. The summed E-state index contributed by atoms with van der Waals surface area (Å²) < 4.78 is 16.6. The topological polar surface area (TPSA) is 101 Å². The Hall–Kier alpha value is -2.07. The van der Waals surface area contributed by atoms with E-state index in [1.165, 1.54) is 20.0 Å². The third kappa shape index (κ3) is 9.96. The number of alkyl carbamates (subject to hydrolysis) is 1. The largest absolute Gasteiger partial charge is 0.453 e. The van der Waals surface area contributed by atoms with Gasteiger partial charge in [0, 0.05) is 56.4 Å². The first-order valence-electron chi connectivity index (χ1n) is 13.5. The van der Waals surface area contributed by atoms with E-state index in [0.29, 0.717) is 37.2 Å². The van der Waals surface area contributed by atoms with Gasteiger partial charge in [0.2, 0.25) is 0 Å². The quantitative estimate of drug-likeness (QED) is 0.369. The molecule has 3 amide bonds. The summed E-state index contributed by atoms with van der Waals surface area (Å²) in [4.78, 5) is 26.4. The number of rotatable bonds is 11. The van der Waals surface area contributed by atoms with E-state index in [-0.39, 0.29) is 24.1 Å². The molecule has 0 saturated carbocycles. The number of hydrogen-bond donors (Lipinski definition) is 3. The summed E-state index contributed by atoms with van der Waals surface area (Å²) in [5, 5.41) is 9.80. The van der Waals surface area contributed by atoms with Crippen LogP contribution >= 0.6 is 11.6 Å². The van der Waals surface area contributed by atoms with Gasteiger partial charge in [0.1, 0.15) is 0 Å². The van der Waals surface area contributed by atoms with Crippen LogP contribution in [-0.2, 0) is 14.2 Å². The normalized spacial score (nSPS) is 22.0. The van der Waals surface area contributed by atoms with Gasteiger partial charge in [-0.3, -0.25) is 0 Å². The Morgan fingerprint density at radius 1 is 1.22 bits per heavy atom. The zero-order valence-corrected chi connectivity index (χ0v) is 22.9. The molecule has 2 aliphatic rings. The molecule has 0 radical (unpaired) electrons. The Morgan fingerprint density at radius 3 is 2.86 bits per heavy atom. The summed E-state index contributed by atoms with van der Waals surface area (Å²) in [6.07, 6.45) is 5.61. The maximum atomic E-state index is 13.1. The number of nitrogens with one attached hydrogen (secondary N) is 3. The molecule has 1 aromatic carbocycles. The lowest BCUT2D eigenvalue weighted by molar-refractivity contribution is -0.00850. The number of halogens is 1. The number of benzene rings is 1. The van der Waals surface area contributed by atoms with Crippen molar-refractivity contribution in [1.29, 1.82) is 0 Å². The summed E-state index contributed by atoms with van der Waals surface area (Å²) in [7, 11) is 3.28. The minimum absolute atomic E-state index is 0.0423. The molecule has 0 bridgehead atoms. The molecular weight excluding hydrogens is 496 g/mol. The highest BCUT2D eigenvalue weighted by atomic mass is 35.5. The van der Waals surface area contributed by atoms with Gasteiger partial charge in [0.25, 0.3) is 0 Å². The van der Waals surface area contributed by atoms with E-state index in [1.54, 1.807) is 0 Å². The van der Waals surface area contributed by atoms with Crippen LogP contribution in [0.15, 0.2) is 24.3 Å². The van der Waals surface area contributed by atoms with Crippen molar-refractivity contribution < 1.29 is 23.8 Å². The van der Waals surface area contributed by atoms with Crippen molar-refractivity contribution in [3.63, 3.8) is 0 Å². The first-order valence-corrected chi connectivity index (χ1v) is 13.8. The van der Waals surface area contributed by atoms with Gasteiger partial charge in [-0.15, -0.1) is 0 Å². The molecule has 1 unspecified atom stereocenters. The van der Waals surface area contributed by atoms with E-state index >= 15 is 0 Å². The zero-order valence-electron chi connectivity index (χ0n) is 22.2. The van der Waals surface area contributed by atoms with Gasteiger partial charge >= 0.3 is 12.1 Å². The smallest absolute Gasteiger partial charge is 0.406 e. The fourth-order valence-corrected chi connectivity index (χ4v) is 5.42. The van der Waals surface area contributed by atoms with Crippen molar-refractivity contribution >= 4 is 23.7 Å². The van der Waals surface area contributed by atoms with Crippen LogP contribution in [0.1, 0.15) is 50.2 Å². The lowest BCUT2D eigenvalue weighted by Crippen LogP contribution is -2.50. The number of urea groups is 1. The van der Waals surface area contributed by atoms with Crippen LogP contribution in [0.4, 0.5) is 9.59 Å². The summed E-state index contributed by atoms with van der Waals surface area (Å²) >= 11 is 6.27. The number of likely N-dealkylation sites (tertiary alicyclic amines) is 1. The van der Waals surface area contributed by atoms with Crippen molar-refractivity contribution in [1.82, 2.24) is 20.9 Å². The maximum absolute atomic E-state index is 13.1. The molecule has 0 aliphatic carbocycles. The Labute approximate surface area is 225 Å². The summed E-state index contributed by atoms with van der Waals surface area (Å²) in [6.45, 7) is 4.21. The third-order valence-corrected chi connectivity index (χ3v) is 7.47. The van der Waals surface area contributed by atoms with Crippen molar-refractivity contribution in [2.75, 3.05) is 60.2 Å². The van der Waals surface area contributed by atoms with E-state index in [0.717, 1.165) is 51.0 Å². The number of ether oxygens (including phenoxy) is 3. The first kappa shape index (κ1) is 29.5. The number of amides is 3. The van der Waals surface area contributed by atoms with Gasteiger partial charge in [-0.2, -0.15) is 0 Å². The Morgan fingerprint density at radius 2 is 2.08 bits per heavy atom. The maximum Gasteiger partial charge on any atom is 0.406 e. The van der Waals surface area contributed by atoms with Gasteiger partial charge in [-0.1, -0.05) is 30.2 Å². The highest BCUT2D eigenvalue weighted by Gasteiger charge is 2.31.